The summed E-state index contributed by atoms with van der Waals surface area (Å²) in [6.07, 6.45) is 0. The molecule has 0 saturated heterocycles. The summed E-state index contributed by atoms with van der Waals surface area (Å²) in [7, 11) is 0. The van der Waals surface area contributed by atoms with Crippen LogP contribution in [0.1, 0.15) is 0 Å². The number of rotatable bonds is 8. The molecule has 0 saturated carbocycles. The summed E-state index contributed by atoms with van der Waals surface area (Å²) >= 11 is 0. The molecule has 65 heavy (non-hydrogen) atoms. The fraction of sp³-hybridized carbons (Fsp3) is 0. The predicted molar refractivity (Wildman–Crippen MR) is 278 cm³/mol. The Balaban J connectivity index is 1.12. The number of benzene rings is 12. The molecule has 12 aromatic rings. The normalized spacial score (nSPS) is 11.4. The van der Waals surface area contributed by atoms with E-state index < -0.39 is 0 Å². The first-order valence-corrected chi connectivity index (χ1v) is 22.4. The average Bonchev–Trinajstić information content (AvgIpc) is 3.39. The molecule has 0 amide bonds. The van der Waals surface area contributed by atoms with Gasteiger partial charge in [-0.2, -0.15) is 0 Å². The average molecular weight is 826 g/mol. The van der Waals surface area contributed by atoms with E-state index in [0.717, 1.165) is 28.2 Å². The third-order valence-electron chi connectivity index (χ3n) is 13.0. The van der Waals surface area contributed by atoms with Crippen LogP contribution in [0.3, 0.4) is 0 Å². The molecule has 12 rings (SSSR count). The molecule has 0 heterocycles. The third-order valence-corrected chi connectivity index (χ3v) is 13.0. The molecule has 0 aliphatic carbocycles. The molecule has 0 spiro atoms. The van der Waals surface area contributed by atoms with Crippen LogP contribution in [-0.2, 0) is 0 Å². The fourth-order valence-corrected chi connectivity index (χ4v) is 9.92. The van der Waals surface area contributed by atoms with Crippen LogP contribution in [0.2, 0.25) is 0 Å². The van der Waals surface area contributed by atoms with Crippen LogP contribution in [0.5, 0.6) is 0 Å². The molecular weight excluding hydrogens is 783 g/mol. The highest BCUT2D eigenvalue weighted by molar-refractivity contribution is 6.14. The van der Waals surface area contributed by atoms with Crippen molar-refractivity contribution in [1.29, 1.82) is 0 Å². The van der Waals surface area contributed by atoms with Crippen molar-refractivity contribution >= 4 is 60.2 Å². The van der Waals surface area contributed by atoms with E-state index in [1.54, 1.807) is 0 Å². The van der Waals surface area contributed by atoms with E-state index >= 15 is 0 Å². The number of anilines is 3. The lowest BCUT2D eigenvalue weighted by Gasteiger charge is -2.31. The first-order chi connectivity index (χ1) is 32.2. The molecular formula is C64H43N. The first kappa shape index (κ1) is 38.2. The smallest absolute Gasteiger partial charge is 0.0546 e. The molecule has 0 fully saturated rings. The minimum atomic E-state index is 1.08. The van der Waals surface area contributed by atoms with Crippen molar-refractivity contribution in [2.45, 2.75) is 0 Å². The van der Waals surface area contributed by atoms with Crippen LogP contribution in [0, 0.1) is 0 Å². The number of nitrogens with zero attached hydrogens (tertiary/aromatic N) is 1. The summed E-state index contributed by atoms with van der Waals surface area (Å²) in [4.78, 5) is 2.49. The molecule has 0 N–H and O–H groups in total. The molecule has 0 unspecified atom stereocenters. The standard InChI is InChI=1S/C64H43N/c1-4-18-44(19-5-1)51-40-50-26-12-14-29-54(50)59(41-51)49-34-37-52(38-35-49)65(63-33-16-27-45-24-11-15-30-55(45)63)64-43-60(46-20-6-2-7-21-46)62(42-61(64)47-22-8-3-9-23-47)57-32-17-31-56-53-28-13-10-25-48(53)36-39-58(56)57/h1-43H. The highest BCUT2D eigenvalue weighted by Crippen LogP contribution is 2.49. The maximum absolute atomic E-state index is 2.49. The van der Waals surface area contributed by atoms with E-state index in [-0.39, 0.29) is 0 Å². The van der Waals surface area contributed by atoms with Gasteiger partial charge >= 0.3 is 0 Å². The summed E-state index contributed by atoms with van der Waals surface area (Å²) in [6.45, 7) is 0. The second kappa shape index (κ2) is 16.3. The predicted octanol–water partition coefficient (Wildman–Crippen LogP) is 18.1. The first-order valence-electron chi connectivity index (χ1n) is 22.4. The van der Waals surface area contributed by atoms with Crippen molar-refractivity contribution in [2.75, 3.05) is 4.90 Å². The lowest BCUT2D eigenvalue weighted by Crippen LogP contribution is -2.12. The molecule has 0 aliphatic rings. The molecule has 304 valence electrons. The van der Waals surface area contributed by atoms with Crippen molar-refractivity contribution in [3.8, 4) is 55.6 Å². The van der Waals surface area contributed by atoms with Gasteiger partial charge < -0.3 is 4.90 Å². The van der Waals surface area contributed by atoms with Crippen molar-refractivity contribution in [3.63, 3.8) is 0 Å². The summed E-state index contributed by atoms with van der Waals surface area (Å²) in [5.74, 6) is 0. The molecule has 1 nitrogen and oxygen atoms in total. The van der Waals surface area contributed by atoms with E-state index in [4.69, 9.17) is 0 Å². The Bertz CT molecular complexity index is 3680. The molecule has 0 bridgehead atoms. The van der Waals surface area contributed by atoms with Crippen molar-refractivity contribution in [2.24, 2.45) is 0 Å². The van der Waals surface area contributed by atoms with Gasteiger partial charge in [0.1, 0.15) is 0 Å². The maximum atomic E-state index is 2.49. The molecule has 0 aromatic heterocycles. The Morgan fingerprint density at radius 1 is 0.200 bits per heavy atom. The van der Waals surface area contributed by atoms with E-state index in [0.29, 0.717) is 0 Å². The molecule has 12 aromatic carbocycles. The maximum Gasteiger partial charge on any atom is 0.0546 e. The number of fused-ring (bicyclic) bond motifs is 5. The zero-order valence-corrected chi connectivity index (χ0v) is 35.8. The Labute approximate surface area is 379 Å². The van der Waals surface area contributed by atoms with Crippen LogP contribution in [-0.4, -0.2) is 0 Å². The summed E-state index contributed by atoms with van der Waals surface area (Å²) in [5, 5.41) is 9.84. The molecule has 1 heteroatoms. The summed E-state index contributed by atoms with van der Waals surface area (Å²) < 4.78 is 0. The fourth-order valence-electron chi connectivity index (χ4n) is 9.92. The van der Waals surface area contributed by atoms with Gasteiger partial charge in [0.25, 0.3) is 0 Å². The minimum absolute atomic E-state index is 1.08. The van der Waals surface area contributed by atoms with E-state index in [1.165, 1.54) is 87.6 Å². The number of hydrogen-bond donors (Lipinski definition) is 0. The van der Waals surface area contributed by atoms with Gasteiger partial charge in [0.15, 0.2) is 0 Å². The van der Waals surface area contributed by atoms with Gasteiger partial charge in [-0.05, 0) is 130 Å². The van der Waals surface area contributed by atoms with E-state index in [2.05, 4.69) is 266 Å². The van der Waals surface area contributed by atoms with Crippen molar-refractivity contribution in [3.05, 3.63) is 261 Å². The lowest BCUT2D eigenvalue weighted by molar-refractivity contribution is 1.30. The van der Waals surface area contributed by atoms with Gasteiger partial charge in [-0.1, -0.05) is 218 Å². The quantitative estimate of drug-likeness (QED) is 0.138. The van der Waals surface area contributed by atoms with Crippen molar-refractivity contribution in [1.82, 2.24) is 0 Å². The van der Waals surface area contributed by atoms with E-state index in [1.807, 2.05) is 0 Å². The Hall–Kier alpha value is -8.52. The highest BCUT2D eigenvalue weighted by Gasteiger charge is 2.24. The monoisotopic (exact) mass is 825 g/mol. The van der Waals surface area contributed by atoms with Crippen LogP contribution in [0.4, 0.5) is 17.1 Å². The number of hydrogen-bond acceptors (Lipinski definition) is 1. The van der Waals surface area contributed by atoms with Crippen LogP contribution in [0.15, 0.2) is 261 Å². The lowest BCUT2D eigenvalue weighted by atomic mass is 9.86. The van der Waals surface area contributed by atoms with Gasteiger partial charge in [0.05, 0.1) is 11.4 Å². The van der Waals surface area contributed by atoms with Crippen molar-refractivity contribution < 1.29 is 0 Å². The SMILES string of the molecule is c1ccc(-c2cc(-c3ccc(N(c4cc(-c5ccccc5)c(-c5cccc6c5ccc5ccccc56)cc4-c4ccccc4)c4cccc5ccccc45)cc3)c3ccccc3c2)cc1. The van der Waals surface area contributed by atoms with Gasteiger partial charge in [0.2, 0.25) is 0 Å². The Kier molecular flexibility index (Phi) is 9.58. The molecule has 0 atom stereocenters. The second-order valence-corrected chi connectivity index (χ2v) is 16.8. The zero-order valence-electron chi connectivity index (χ0n) is 35.8. The van der Waals surface area contributed by atoms with Gasteiger partial charge in [-0.3, -0.25) is 0 Å². The zero-order chi connectivity index (χ0) is 43.1. The molecule has 0 aliphatic heterocycles. The van der Waals surface area contributed by atoms with Gasteiger partial charge in [-0.15, -0.1) is 0 Å². The summed E-state index contributed by atoms with van der Waals surface area (Å²) in [6, 6.07) is 95.5. The summed E-state index contributed by atoms with van der Waals surface area (Å²) in [5.41, 5.74) is 15.2. The minimum Gasteiger partial charge on any atom is -0.309 e. The van der Waals surface area contributed by atoms with Gasteiger partial charge in [-0.25, -0.2) is 0 Å². The van der Waals surface area contributed by atoms with Crippen LogP contribution in [0.25, 0.3) is 98.7 Å². The largest absolute Gasteiger partial charge is 0.309 e. The molecule has 0 radical (unpaired) electrons. The van der Waals surface area contributed by atoms with Crippen LogP contribution >= 0.6 is 0 Å². The Morgan fingerprint density at radius 2 is 0.738 bits per heavy atom. The second-order valence-electron chi connectivity index (χ2n) is 16.8. The Morgan fingerprint density at radius 3 is 1.46 bits per heavy atom. The topological polar surface area (TPSA) is 3.24 Å². The van der Waals surface area contributed by atoms with E-state index in [9.17, 15) is 0 Å². The third kappa shape index (κ3) is 6.92. The highest BCUT2D eigenvalue weighted by atomic mass is 15.1. The van der Waals surface area contributed by atoms with Gasteiger partial charge in [0, 0.05) is 16.6 Å². The van der Waals surface area contributed by atoms with Crippen LogP contribution < -0.4 is 4.90 Å².